The molecule has 2 aromatic carbocycles. The summed E-state index contributed by atoms with van der Waals surface area (Å²) in [5.41, 5.74) is 3.19. The molecule has 0 spiro atoms. The van der Waals surface area contributed by atoms with Gasteiger partial charge in [-0.15, -0.1) is 0 Å². The highest BCUT2D eigenvalue weighted by Crippen LogP contribution is 2.29. The standard InChI is InChI=1S/C18H11ClN2O/c19-14-8-6-13(7-9-14)17-10-15(12-4-2-1-3-5-12)16(11-20)18(22)21-17/h1-9H,10H2. The number of hydrogen-bond donors (Lipinski definition) is 0. The Kier molecular flexibility index (Phi) is 3.86. The van der Waals surface area contributed by atoms with Gasteiger partial charge in [-0.2, -0.15) is 5.26 Å². The molecule has 0 aromatic heterocycles. The average molecular weight is 307 g/mol. The first-order valence-corrected chi connectivity index (χ1v) is 7.13. The summed E-state index contributed by atoms with van der Waals surface area (Å²) < 4.78 is 0. The Balaban J connectivity index is 2.04. The van der Waals surface area contributed by atoms with E-state index < -0.39 is 5.91 Å². The Morgan fingerprint density at radius 1 is 1.00 bits per heavy atom. The van der Waals surface area contributed by atoms with Crippen molar-refractivity contribution in [3.05, 3.63) is 76.3 Å². The quantitative estimate of drug-likeness (QED) is 0.841. The lowest BCUT2D eigenvalue weighted by atomic mass is 9.90. The van der Waals surface area contributed by atoms with E-state index in [1.165, 1.54) is 0 Å². The molecule has 0 saturated carbocycles. The zero-order chi connectivity index (χ0) is 15.5. The van der Waals surface area contributed by atoms with Crippen LogP contribution in [0.4, 0.5) is 0 Å². The molecule has 0 atom stereocenters. The highest BCUT2D eigenvalue weighted by atomic mass is 35.5. The molecular weight excluding hydrogens is 296 g/mol. The van der Waals surface area contributed by atoms with Gasteiger partial charge in [-0.25, -0.2) is 4.99 Å². The van der Waals surface area contributed by atoms with Gasteiger partial charge in [0.2, 0.25) is 0 Å². The number of carbonyl (C=O) groups excluding carboxylic acids is 1. The summed E-state index contributed by atoms with van der Waals surface area (Å²) in [7, 11) is 0. The van der Waals surface area contributed by atoms with Crippen molar-refractivity contribution in [1.29, 1.82) is 5.26 Å². The second-order valence-electron chi connectivity index (χ2n) is 4.88. The second kappa shape index (κ2) is 5.97. The summed E-state index contributed by atoms with van der Waals surface area (Å²) in [6.45, 7) is 0. The molecule has 1 aliphatic rings. The monoisotopic (exact) mass is 306 g/mol. The lowest BCUT2D eigenvalue weighted by Crippen LogP contribution is -2.15. The first-order valence-electron chi connectivity index (χ1n) is 6.75. The van der Waals surface area contributed by atoms with E-state index in [2.05, 4.69) is 4.99 Å². The summed E-state index contributed by atoms with van der Waals surface area (Å²) in [6, 6.07) is 18.6. The van der Waals surface area contributed by atoms with Crippen LogP contribution < -0.4 is 0 Å². The number of benzene rings is 2. The molecule has 0 aliphatic carbocycles. The van der Waals surface area contributed by atoms with E-state index >= 15 is 0 Å². The molecule has 106 valence electrons. The fourth-order valence-electron chi connectivity index (χ4n) is 2.41. The number of nitrogens with zero attached hydrogens (tertiary/aromatic N) is 2. The summed E-state index contributed by atoms with van der Waals surface area (Å²) in [5.74, 6) is -0.488. The van der Waals surface area contributed by atoms with E-state index in [0.717, 1.165) is 11.1 Å². The van der Waals surface area contributed by atoms with Gasteiger partial charge in [0.15, 0.2) is 0 Å². The lowest BCUT2D eigenvalue weighted by Gasteiger charge is -2.16. The minimum Gasteiger partial charge on any atom is -0.266 e. The van der Waals surface area contributed by atoms with E-state index in [9.17, 15) is 10.1 Å². The van der Waals surface area contributed by atoms with Crippen molar-refractivity contribution in [2.24, 2.45) is 4.99 Å². The maximum Gasteiger partial charge on any atom is 0.288 e. The first kappa shape index (κ1) is 14.2. The Morgan fingerprint density at radius 3 is 2.32 bits per heavy atom. The van der Waals surface area contributed by atoms with Crippen molar-refractivity contribution in [2.75, 3.05) is 0 Å². The molecule has 2 aromatic rings. The van der Waals surface area contributed by atoms with Gasteiger partial charge >= 0.3 is 0 Å². The van der Waals surface area contributed by atoms with Crippen molar-refractivity contribution in [1.82, 2.24) is 0 Å². The highest BCUT2D eigenvalue weighted by molar-refractivity contribution is 6.30. The van der Waals surface area contributed by atoms with Crippen molar-refractivity contribution >= 4 is 28.8 Å². The minimum absolute atomic E-state index is 0.115. The normalized spacial score (nSPS) is 14.5. The van der Waals surface area contributed by atoms with Crippen LogP contribution in [0.25, 0.3) is 5.57 Å². The fourth-order valence-corrected chi connectivity index (χ4v) is 2.54. The second-order valence-corrected chi connectivity index (χ2v) is 5.32. The van der Waals surface area contributed by atoms with Crippen LogP contribution in [-0.4, -0.2) is 11.6 Å². The molecule has 4 heteroatoms. The minimum atomic E-state index is -0.488. The molecule has 0 unspecified atom stereocenters. The number of carbonyl (C=O) groups is 1. The lowest BCUT2D eigenvalue weighted by molar-refractivity contribution is -0.114. The van der Waals surface area contributed by atoms with E-state index in [-0.39, 0.29) is 5.57 Å². The van der Waals surface area contributed by atoms with Gasteiger partial charge in [0.25, 0.3) is 5.91 Å². The van der Waals surface area contributed by atoms with Gasteiger partial charge in [-0.1, -0.05) is 54.1 Å². The van der Waals surface area contributed by atoms with Crippen LogP contribution in [0.2, 0.25) is 5.02 Å². The topological polar surface area (TPSA) is 53.2 Å². The third kappa shape index (κ3) is 2.69. The van der Waals surface area contributed by atoms with Crippen LogP contribution in [0.1, 0.15) is 17.5 Å². The first-order chi connectivity index (χ1) is 10.7. The molecular formula is C18H11ClN2O. The van der Waals surface area contributed by atoms with E-state index in [0.29, 0.717) is 22.7 Å². The van der Waals surface area contributed by atoms with Crippen LogP contribution in [-0.2, 0) is 4.79 Å². The molecule has 3 nitrogen and oxygen atoms in total. The summed E-state index contributed by atoms with van der Waals surface area (Å²) in [4.78, 5) is 16.2. The predicted molar refractivity (Wildman–Crippen MR) is 86.6 cm³/mol. The summed E-state index contributed by atoms with van der Waals surface area (Å²) in [5, 5.41) is 9.90. The van der Waals surface area contributed by atoms with Crippen LogP contribution in [0.15, 0.2) is 65.2 Å². The van der Waals surface area contributed by atoms with Gasteiger partial charge in [-0.05, 0) is 28.8 Å². The molecule has 22 heavy (non-hydrogen) atoms. The van der Waals surface area contributed by atoms with Crippen LogP contribution in [0.5, 0.6) is 0 Å². The Morgan fingerprint density at radius 2 is 1.68 bits per heavy atom. The molecule has 3 rings (SSSR count). The van der Waals surface area contributed by atoms with Gasteiger partial charge in [0.05, 0.1) is 5.71 Å². The Hall–Kier alpha value is -2.70. The molecule has 1 aliphatic heterocycles. The van der Waals surface area contributed by atoms with E-state index in [4.69, 9.17) is 11.6 Å². The van der Waals surface area contributed by atoms with Gasteiger partial charge in [0, 0.05) is 11.4 Å². The number of amides is 1. The molecule has 0 saturated heterocycles. The Bertz CT molecular complexity index is 828. The molecule has 1 amide bonds. The molecule has 1 heterocycles. The number of allylic oxidation sites excluding steroid dienone is 1. The van der Waals surface area contributed by atoms with Crippen molar-refractivity contribution in [3.63, 3.8) is 0 Å². The SMILES string of the molecule is N#CC1=C(c2ccccc2)CC(c2ccc(Cl)cc2)=NC1=O. The van der Waals surface area contributed by atoms with Gasteiger partial charge in [0.1, 0.15) is 11.6 Å². The average Bonchev–Trinajstić information content (AvgIpc) is 2.55. The zero-order valence-electron chi connectivity index (χ0n) is 11.6. The number of nitriles is 1. The zero-order valence-corrected chi connectivity index (χ0v) is 12.3. The Labute approximate surface area is 133 Å². The van der Waals surface area contributed by atoms with Crippen molar-refractivity contribution in [3.8, 4) is 6.07 Å². The van der Waals surface area contributed by atoms with Gasteiger partial charge in [-0.3, -0.25) is 4.79 Å². The number of halogens is 1. The number of aliphatic imine (C=N–C) groups is 1. The van der Waals surface area contributed by atoms with E-state index in [1.807, 2.05) is 48.5 Å². The molecule has 0 radical (unpaired) electrons. The summed E-state index contributed by atoms with van der Waals surface area (Å²) in [6.07, 6.45) is 0.445. The van der Waals surface area contributed by atoms with Crippen molar-refractivity contribution < 1.29 is 4.79 Å². The predicted octanol–water partition coefficient (Wildman–Crippen LogP) is 4.04. The van der Waals surface area contributed by atoms with Gasteiger partial charge < -0.3 is 0 Å². The molecule has 0 bridgehead atoms. The largest absolute Gasteiger partial charge is 0.288 e. The smallest absolute Gasteiger partial charge is 0.266 e. The third-order valence-electron chi connectivity index (χ3n) is 3.51. The molecule has 0 fully saturated rings. The molecule has 0 N–H and O–H groups in total. The van der Waals surface area contributed by atoms with Crippen LogP contribution >= 0.6 is 11.6 Å². The van der Waals surface area contributed by atoms with E-state index in [1.54, 1.807) is 12.1 Å². The number of hydrogen-bond acceptors (Lipinski definition) is 2. The maximum absolute atomic E-state index is 12.2. The number of dihydropyridines is 1. The fraction of sp³-hybridized carbons (Fsp3) is 0.0556. The highest BCUT2D eigenvalue weighted by Gasteiger charge is 2.24. The maximum atomic E-state index is 12.2. The third-order valence-corrected chi connectivity index (χ3v) is 3.76. The van der Waals surface area contributed by atoms with Crippen molar-refractivity contribution in [2.45, 2.75) is 6.42 Å². The van der Waals surface area contributed by atoms with Crippen LogP contribution in [0.3, 0.4) is 0 Å². The van der Waals surface area contributed by atoms with Crippen LogP contribution in [0, 0.1) is 11.3 Å². The number of rotatable bonds is 2. The summed E-state index contributed by atoms with van der Waals surface area (Å²) >= 11 is 5.89.